The summed E-state index contributed by atoms with van der Waals surface area (Å²) in [6, 6.07) is 8.95. The molecule has 2 heteroatoms. The van der Waals surface area contributed by atoms with Gasteiger partial charge in [0, 0.05) is 16.7 Å². The van der Waals surface area contributed by atoms with Gasteiger partial charge in [-0.1, -0.05) is 31.4 Å². The Morgan fingerprint density at radius 2 is 2.06 bits per heavy atom. The highest BCUT2D eigenvalue weighted by Gasteiger charge is 2.14. The predicted molar refractivity (Wildman–Crippen MR) is 71.9 cm³/mol. The van der Waals surface area contributed by atoms with Crippen molar-refractivity contribution in [3.63, 3.8) is 0 Å². The van der Waals surface area contributed by atoms with Crippen LogP contribution in [0.2, 0.25) is 0 Å². The quantitative estimate of drug-likeness (QED) is 0.851. The Bertz CT molecular complexity index is 318. The molecule has 1 N–H and O–H groups in total. The van der Waals surface area contributed by atoms with E-state index in [1.165, 1.54) is 42.6 Å². The van der Waals surface area contributed by atoms with Gasteiger partial charge in [0.25, 0.3) is 0 Å². The summed E-state index contributed by atoms with van der Waals surface area (Å²) in [6.45, 7) is 0.971. The van der Waals surface area contributed by atoms with E-state index < -0.39 is 0 Å². The van der Waals surface area contributed by atoms with Crippen molar-refractivity contribution in [1.82, 2.24) is 5.32 Å². The van der Waals surface area contributed by atoms with E-state index in [4.69, 9.17) is 0 Å². The molecule has 1 fully saturated rings. The van der Waals surface area contributed by atoms with Crippen LogP contribution < -0.4 is 5.32 Å². The van der Waals surface area contributed by atoms with E-state index in [-0.39, 0.29) is 0 Å². The van der Waals surface area contributed by atoms with Gasteiger partial charge in [-0.05, 0) is 37.6 Å². The number of thioether (sulfide) groups is 1. The fraction of sp³-hybridized carbons (Fsp3) is 0.571. The van der Waals surface area contributed by atoms with Gasteiger partial charge in [0.1, 0.15) is 0 Å². The average Bonchev–Trinajstić information content (AvgIpc) is 2.31. The Morgan fingerprint density at radius 1 is 1.25 bits per heavy atom. The molecule has 1 aliphatic rings. The molecule has 0 aromatic heterocycles. The van der Waals surface area contributed by atoms with Crippen LogP contribution in [0.25, 0.3) is 0 Å². The number of nitrogens with one attached hydrogen (secondary N) is 1. The Hall–Kier alpha value is -0.470. The third-order valence-corrected chi connectivity index (χ3v) is 4.47. The summed E-state index contributed by atoms with van der Waals surface area (Å²) >= 11 is 2.08. The summed E-state index contributed by atoms with van der Waals surface area (Å²) < 4.78 is 0. The first-order chi connectivity index (χ1) is 7.88. The molecule has 1 aromatic carbocycles. The van der Waals surface area contributed by atoms with Crippen LogP contribution in [0.15, 0.2) is 29.2 Å². The summed E-state index contributed by atoms with van der Waals surface area (Å²) in [5.41, 5.74) is 1.39. The predicted octanol–water partition coefficient (Wildman–Crippen LogP) is 3.83. The van der Waals surface area contributed by atoms with Gasteiger partial charge in [-0.2, -0.15) is 0 Å². The van der Waals surface area contributed by atoms with Crippen LogP contribution in [0.4, 0.5) is 0 Å². The maximum absolute atomic E-state index is 3.21. The zero-order chi connectivity index (χ0) is 11.2. The van der Waals surface area contributed by atoms with Crippen LogP contribution in [-0.4, -0.2) is 12.3 Å². The van der Waals surface area contributed by atoms with Gasteiger partial charge in [0.05, 0.1) is 0 Å². The van der Waals surface area contributed by atoms with E-state index in [1.54, 1.807) is 0 Å². The maximum atomic E-state index is 3.21. The molecule has 0 aliphatic heterocycles. The molecular weight excluding hydrogens is 214 g/mol. The minimum absolute atomic E-state index is 0.860. The van der Waals surface area contributed by atoms with Crippen molar-refractivity contribution in [2.24, 2.45) is 0 Å². The van der Waals surface area contributed by atoms with E-state index in [0.717, 1.165) is 11.8 Å². The molecule has 1 nitrogen and oxygen atoms in total. The van der Waals surface area contributed by atoms with Crippen molar-refractivity contribution >= 4 is 11.8 Å². The molecule has 1 saturated carbocycles. The summed E-state index contributed by atoms with van der Waals surface area (Å²) in [7, 11) is 2.00. The smallest absolute Gasteiger partial charge is 0.0202 e. The first kappa shape index (κ1) is 12.0. The van der Waals surface area contributed by atoms with E-state index in [2.05, 4.69) is 41.3 Å². The van der Waals surface area contributed by atoms with Crippen molar-refractivity contribution in [3.8, 4) is 0 Å². The fourth-order valence-electron chi connectivity index (χ4n) is 2.31. The van der Waals surface area contributed by atoms with Gasteiger partial charge in [-0.3, -0.25) is 0 Å². The summed E-state index contributed by atoms with van der Waals surface area (Å²) in [4.78, 5) is 1.44. The number of rotatable bonds is 4. The minimum Gasteiger partial charge on any atom is -0.316 e. The lowest BCUT2D eigenvalue weighted by Gasteiger charge is -2.21. The third-order valence-electron chi connectivity index (χ3n) is 3.13. The SMILES string of the molecule is CNCc1cccc(SC2CCCCC2)c1. The van der Waals surface area contributed by atoms with Crippen LogP contribution in [0, 0.1) is 0 Å². The van der Waals surface area contributed by atoms with Gasteiger partial charge in [0.15, 0.2) is 0 Å². The Balaban J connectivity index is 1.94. The summed E-state index contributed by atoms with van der Waals surface area (Å²) in [5.74, 6) is 0. The molecule has 1 aliphatic carbocycles. The Kier molecular flexibility index (Phi) is 4.73. The van der Waals surface area contributed by atoms with Gasteiger partial charge in [-0.15, -0.1) is 11.8 Å². The lowest BCUT2D eigenvalue weighted by atomic mass is 10.0. The van der Waals surface area contributed by atoms with Crippen molar-refractivity contribution in [1.29, 1.82) is 0 Å². The largest absolute Gasteiger partial charge is 0.316 e. The molecule has 0 unspecified atom stereocenters. The van der Waals surface area contributed by atoms with Crippen LogP contribution in [0.5, 0.6) is 0 Å². The van der Waals surface area contributed by atoms with E-state index in [9.17, 15) is 0 Å². The van der Waals surface area contributed by atoms with Crippen LogP contribution >= 0.6 is 11.8 Å². The molecule has 0 bridgehead atoms. The van der Waals surface area contributed by atoms with Crippen molar-refractivity contribution in [2.45, 2.75) is 48.8 Å². The molecule has 88 valence electrons. The molecule has 0 radical (unpaired) electrons. The number of hydrogen-bond donors (Lipinski definition) is 1. The van der Waals surface area contributed by atoms with Crippen LogP contribution in [0.3, 0.4) is 0 Å². The first-order valence-corrected chi connectivity index (χ1v) is 7.16. The average molecular weight is 235 g/mol. The molecule has 0 spiro atoms. The van der Waals surface area contributed by atoms with Crippen LogP contribution in [-0.2, 0) is 6.54 Å². The van der Waals surface area contributed by atoms with Gasteiger partial charge < -0.3 is 5.32 Å². The van der Waals surface area contributed by atoms with E-state index >= 15 is 0 Å². The Labute approximate surface area is 103 Å². The highest BCUT2D eigenvalue weighted by molar-refractivity contribution is 8.00. The number of benzene rings is 1. The normalized spacial score (nSPS) is 17.6. The lowest BCUT2D eigenvalue weighted by Crippen LogP contribution is -2.08. The molecule has 0 amide bonds. The number of hydrogen-bond acceptors (Lipinski definition) is 2. The second kappa shape index (κ2) is 6.31. The second-order valence-electron chi connectivity index (χ2n) is 4.56. The third kappa shape index (κ3) is 3.53. The van der Waals surface area contributed by atoms with Gasteiger partial charge in [0.2, 0.25) is 0 Å². The molecule has 2 rings (SSSR count). The highest BCUT2D eigenvalue weighted by Crippen LogP contribution is 2.33. The van der Waals surface area contributed by atoms with Crippen molar-refractivity contribution < 1.29 is 0 Å². The molecule has 0 atom stereocenters. The van der Waals surface area contributed by atoms with Crippen LogP contribution in [0.1, 0.15) is 37.7 Å². The molecule has 16 heavy (non-hydrogen) atoms. The first-order valence-electron chi connectivity index (χ1n) is 6.28. The standard InChI is InChI=1S/C14H21NS/c1-15-11-12-6-5-9-14(10-12)16-13-7-3-2-4-8-13/h5-6,9-10,13,15H,2-4,7-8,11H2,1H3. The van der Waals surface area contributed by atoms with Crippen molar-refractivity contribution in [3.05, 3.63) is 29.8 Å². The van der Waals surface area contributed by atoms with Gasteiger partial charge in [-0.25, -0.2) is 0 Å². The van der Waals surface area contributed by atoms with E-state index in [1.807, 2.05) is 7.05 Å². The molecule has 0 heterocycles. The maximum Gasteiger partial charge on any atom is 0.0202 e. The van der Waals surface area contributed by atoms with E-state index in [0.29, 0.717) is 0 Å². The monoisotopic (exact) mass is 235 g/mol. The van der Waals surface area contributed by atoms with Crippen molar-refractivity contribution in [2.75, 3.05) is 7.05 Å². The molecular formula is C14H21NS. The topological polar surface area (TPSA) is 12.0 Å². The summed E-state index contributed by atoms with van der Waals surface area (Å²) in [6.07, 6.45) is 7.10. The zero-order valence-corrected chi connectivity index (χ0v) is 10.9. The molecule has 0 saturated heterocycles. The second-order valence-corrected chi connectivity index (χ2v) is 5.93. The summed E-state index contributed by atoms with van der Waals surface area (Å²) in [5, 5.41) is 4.07. The molecule has 1 aromatic rings. The minimum atomic E-state index is 0.860. The highest BCUT2D eigenvalue weighted by atomic mass is 32.2. The zero-order valence-electron chi connectivity index (χ0n) is 10.0. The van der Waals surface area contributed by atoms with Gasteiger partial charge >= 0.3 is 0 Å². The fourth-order valence-corrected chi connectivity index (χ4v) is 3.64. The lowest BCUT2D eigenvalue weighted by molar-refractivity contribution is 0.516. The Morgan fingerprint density at radius 3 is 2.81 bits per heavy atom.